The summed E-state index contributed by atoms with van der Waals surface area (Å²) in [5, 5.41) is 1.08. The van der Waals surface area contributed by atoms with E-state index in [-0.39, 0.29) is 5.91 Å². The van der Waals surface area contributed by atoms with Crippen LogP contribution in [0.25, 0.3) is 0 Å². The topological polar surface area (TPSA) is 42.0 Å². The lowest BCUT2D eigenvalue weighted by molar-refractivity contribution is 0.0747. The molecule has 0 N–H and O–H groups in total. The predicted octanol–water partition coefficient (Wildman–Crippen LogP) is 5.76. The SMILES string of the molecule is COc1cccc(Oc2ccc(C(=O)N3CCN(c4ccc(Cl)c(Cl)c4)CC3)cc2)c1. The van der Waals surface area contributed by atoms with Gasteiger partial charge in [-0.2, -0.15) is 0 Å². The summed E-state index contributed by atoms with van der Waals surface area (Å²) in [6.07, 6.45) is 0. The number of ether oxygens (including phenoxy) is 2. The summed E-state index contributed by atoms with van der Waals surface area (Å²) in [7, 11) is 1.62. The molecule has 0 radical (unpaired) electrons. The van der Waals surface area contributed by atoms with Crippen LogP contribution < -0.4 is 14.4 Å². The van der Waals surface area contributed by atoms with Crippen LogP contribution >= 0.6 is 23.2 Å². The minimum atomic E-state index is 0.0155. The van der Waals surface area contributed by atoms with Crippen molar-refractivity contribution < 1.29 is 14.3 Å². The highest BCUT2D eigenvalue weighted by Crippen LogP contribution is 2.28. The highest BCUT2D eigenvalue weighted by atomic mass is 35.5. The lowest BCUT2D eigenvalue weighted by atomic mass is 10.1. The molecule has 0 atom stereocenters. The first-order valence-corrected chi connectivity index (χ1v) is 10.7. The number of rotatable bonds is 5. The molecule has 3 aromatic carbocycles. The zero-order valence-electron chi connectivity index (χ0n) is 17.1. The smallest absolute Gasteiger partial charge is 0.253 e. The van der Waals surface area contributed by atoms with Crippen LogP contribution in [0.4, 0.5) is 5.69 Å². The average Bonchev–Trinajstić information content (AvgIpc) is 2.81. The van der Waals surface area contributed by atoms with Crippen molar-refractivity contribution >= 4 is 34.8 Å². The number of carbonyl (C=O) groups excluding carboxylic acids is 1. The molecule has 1 saturated heterocycles. The van der Waals surface area contributed by atoms with Crippen LogP contribution in [-0.4, -0.2) is 44.1 Å². The van der Waals surface area contributed by atoms with Crippen molar-refractivity contribution in [3.8, 4) is 17.2 Å². The zero-order chi connectivity index (χ0) is 21.8. The van der Waals surface area contributed by atoms with E-state index in [0.29, 0.717) is 40.2 Å². The van der Waals surface area contributed by atoms with E-state index in [1.165, 1.54) is 0 Å². The van der Waals surface area contributed by atoms with E-state index < -0.39 is 0 Å². The van der Waals surface area contributed by atoms with Crippen molar-refractivity contribution in [1.29, 1.82) is 0 Å². The minimum absolute atomic E-state index is 0.0155. The second kappa shape index (κ2) is 9.50. The van der Waals surface area contributed by atoms with Gasteiger partial charge in [0.15, 0.2) is 0 Å². The molecule has 0 spiro atoms. The largest absolute Gasteiger partial charge is 0.497 e. The molecule has 0 aliphatic carbocycles. The Morgan fingerprint density at radius 2 is 1.52 bits per heavy atom. The van der Waals surface area contributed by atoms with Gasteiger partial charge in [-0.25, -0.2) is 0 Å². The number of hydrogen-bond acceptors (Lipinski definition) is 4. The fourth-order valence-electron chi connectivity index (χ4n) is 3.50. The molecule has 5 nitrogen and oxygen atoms in total. The Morgan fingerprint density at radius 1 is 0.806 bits per heavy atom. The minimum Gasteiger partial charge on any atom is -0.497 e. The second-order valence-electron chi connectivity index (χ2n) is 7.18. The highest BCUT2D eigenvalue weighted by molar-refractivity contribution is 6.42. The van der Waals surface area contributed by atoms with Crippen molar-refractivity contribution in [2.24, 2.45) is 0 Å². The first-order valence-electron chi connectivity index (χ1n) is 9.95. The lowest BCUT2D eigenvalue weighted by Gasteiger charge is -2.36. The van der Waals surface area contributed by atoms with E-state index >= 15 is 0 Å². The first-order chi connectivity index (χ1) is 15.0. The van der Waals surface area contributed by atoms with E-state index in [1.54, 1.807) is 37.4 Å². The fraction of sp³-hybridized carbons (Fsp3) is 0.208. The Hall–Kier alpha value is -2.89. The van der Waals surface area contributed by atoms with E-state index in [0.717, 1.165) is 24.5 Å². The molecule has 7 heteroatoms. The lowest BCUT2D eigenvalue weighted by Crippen LogP contribution is -2.48. The quantitative estimate of drug-likeness (QED) is 0.489. The van der Waals surface area contributed by atoms with Crippen LogP contribution in [0.3, 0.4) is 0 Å². The van der Waals surface area contributed by atoms with Gasteiger partial charge < -0.3 is 19.3 Å². The molecule has 1 fully saturated rings. The average molecular weight is 457 g/mol. The molecule has 0 unspecified atom stereocenters. The normalized spacial score (nSPS) is 13.8. The van der Waals surface area contributed by atoms with Gasteiger partial charge in [0.25, 0.3) is 5.91 Å². The summed E-state index contributed by atoms with van der Waals surface area (Å²) in [5.41, 5.74) is 1.65. The van der Waals surface area contributed by atoms with Crippen LogP contribution in [0.5, 0.6) is 17.2 Å². The van der Waals surface area contributed by atoms with Gasteiger partial charge in [-0.15, -0.1) is 0 Å². The maximum Gasteiger partial charge on any atom is 0.253 e. The van der Waals surface area contributed by atoms with E-state index in [2.05, 4.69) is 4.90 Å². The first kappa shape index (κ1) is 21.3. The fourth-order valence-corrected chi connectivity index (χ4v) is 3.79. The number of piperazine rings is 1. The monoisotopic (exact) mass is 456 g/mol. The molecule has 0 saturated carbocycles. The standard InChI is InChI=1S/C24H22Cl2N2O3/c1-30-20-3-2-4-21(16-20)31-19-8-5-17(6-9-19)24(29)28-13-11-27(12-14-28)18-7-10-22(25)23(26)15-18/h2-10,15-16H,11-14H2,1H3. The maximum absolute atomic E-state index is 12.9. The third-order valence-corrected chi connectivity index (χ3v) is 5.95. The summed E-state index contributed by atoms with van der Waals surface area (Å²) < 4.78 is 11.1. The van der Waals surface area contributed by atoms with Crippen molar-refractivity contribution in [2.75, 3.05) is 38.2 Å². The Labute approximate surface area is 191 Å². The highest BCUT2D eigenvalue weighted by Gasteiger charge is 2.22. The van der Waals surface area contributed by atoms with Gasteiger partial charge in [0.1, 0.15) is 17.2 Å². The van der Waals surface area contributed by atoms with Crippen molar-refractivity contribution in [3.05, 3.63) is 82.3 Å². The molecule has 1 heterocycles. The Balaban J connectivity index is 1.36. The third kappa shape index (κ3) is 5.06. The van der Waals surface area contributed by atoms with Gasteiger partial charge in [0.2, 0.25) is 0 Å². The Morgan fingerprint density at radius 3 is 2.19 bits per heavy atom. The number of nitrogens with zero attached hydrogens (tertiary/aromatic N) is 2. The van der Waals surface area contributed by atoms with Crippen LogP contribution in [0.1, 0.15) is 10.4 Å². The molecular formula is C24H22Cl2N2O3. The van der Waals surface area contributed by atoms with Gasteiger partial charge in [-0.3, -0.25) is 4.79 Å². The molecule has 0 bridgehead atoms. The molecule has 160 valence electrons. The number of amides is 1. The van der Waals surface area contributed by atoms with Gasteiger partial charge >= 0.3 is 0 Å². The van der Waals surface area contributed by atoms with Crippen LogP contribution in [0.2, 0.25) is 10.0 Å². The number of benzene rings is 3. The molecule has 3 aromatic rings. The molecule has 0 aromatic heterocycles. The molecule has 1 aliphatic heterocycles. The molecule has 31 heavy (non-hydrogen) atoms. The maximum atomic E-state index is 12.9. The molecular weight excluding hydrogens is 435 g/mol. The van der Waals surface area contributed by atoms with E-state index in [4.69, 9.17) is 32.7 Å². The van der Waals surface area contributed by atoms with Crippen LogP contribution in [0, 0.1) is 0 Å². The summed E-state index contributed by atoms with van der Waals surface area (Å²) in [6.45, 7) is 2.75. The Kier molecular flexibility index (Phi) is 6.54. The number of methoxy groups -OCH3 is 1. The molecule has 1 amide bonds. The van der Waals surface area contributed by atoms with Gasteiger partial charge in [0.05, 0.1) is 17.2 Å². The second-order valence-corrected chi connectivity index (χ2v) is 8.00. The van der Waals surface area contributed by atoms with E-state index in [1.807, 2.05) is 41.3 Å². The van der Waals surface area contributed by atoms with Gasteiger partial charge in [0, 0.05) is 43.5 Å². The van der Waals surface area contributed by atoms with Crippen molar-refractivity contribution in [1.82, 2.24) is 4.90 Å². The number of hydrogen-bond donors (Lipinski definition) is 0. The summed E-state index contributed by atoms with van der Waals surface area (Å²) in [5.74, 6) is 2.08. The van der Waals surface area contributed by atoms with Crippen LogP contribution in [-0.2, 0) is 0 Å². The van der Waals surface area contributed by atoms with Gasteiger partial charge in [-0.05, 0) is 54.6 Å². The molecule has 4 rings (SSSR count). The third-order valence-electron chi connectivity index (χ3n) is 5.21. The van der Waals surface area contributed by atoms with Crippen molar-refractivity contribution in [3.63, 3.8) is 0 Å². The summed E-state index contributed by atoms with van der Waals surface area (Å²) in [6, 6.07) is 20.2. The summed E-state index contributed by atoms with van der Waals surface area (Å²) >= 11 is 12.1. The van der Waals surface area contributed by atoms with Gasteiger partial charge in [-0.1, -0.05) is 29.3 Å². The number of anilines is 1. The number of halogens is 2. The van der Waals surface area contributed by atoms with Crippen LogP contribution in [0.15, 0.2) is 66.7 Å². The predicted molar refractivity (Wildman–Crippen MR) is 124 cm³/mol. The number of carbonyl (C=O) groups is 1. The Bertz CT molecular complexity index is 1060. The zero-order valence-corrected chi connectivity index (χ0v) is 18.6. The molecule has 1 aliphatic rings. The summed E-state index contributed by atoms with van der Waals surface area (Å²) in [4.78, 5) is 17.0. The van der Waals surface area contributed by atoms with E-state index in [9.17, 15) is 4.79 Å². The van der Waals surface area contributed by atoms with Crippen molar-refractivity contribution in [2.45, 2.75) is 0 Å².